The maximum Gasteiger partial charge on any atom is 0.232 e. The van der Waals surface area contributed by atoms with Crippen LogP contribution in [-0.4, -0.2) is 105 Å². The smallest absolute Gasteiger partial charge is 0.232 e. The van der Waals surface area contributed by atoms with Gasteiger partial charge in [-0.15, -0.1) is 0 Å². The quantitative estimate of drug-likeness (QED) is 0.0987. The van der Waals surface area contributed by atoms with Gasteiger partial charge in [0.2, 0.25) is 80.7 Å². The molecule has 1 aliphatic heterocycles. The van der Waals surface area contributed by atoms with Crippen molar-refractivity contribution in [3.63, 3.8) is 0 Å². The normalized spacial score (nSPS) is 13.2. The van der Waals surface area contributed by atoms with Crippen molar-refractivity contribution >= 4 is 101 Å². The topological polar surface area (TPSA) is 83.6 Å². The number of fused-ring (bicyclic) bond motifs is 14. The number of hydrogen-bond donors (Lipinski definition) is 2. The van der Waals surface area contributed by atoms with Crippen molar-refractivity contribution in [2.45, 2.75) is 0 Å². The van der Waals surface area contributed by atoms with E-state index in [0.717, 1.165) is 36.4 Å². The van der Waals surface area contributed by atoms with E-state index in [4.69, 9.17) is 8.83 Å². The van der Waals surface area contributed by atoms with Crippen molar-refractivity contribution in [2.75, 3.05) is 84.6 Å². The third kappa shape index (κ3) is 7.76. The summed E-state index contributed by atoms with van der Waals surface area (Å²) >= 11 is 0. The second-order valence-corrected chi connectivity index (χ2v) is 22.2. The molecule has 78 heavy (non-hydrogen) atoms. The molecule has 0 fully saturated rings. The van der Waals surface area contributed by atoms with Gasteiger partial charge in [-0.2, -0.15) is 40.1 Å². The molecule has 6 bridgehead atoms. The minimum absolute atomic E-state index is 0.491. The molecule has 2 N–H and O–H groups in total. The van der Waals surface area contributed by atoms with Crippen LogP contribution in [0.5, 0.6) is 0 Å². The van der Waals surface area contributed by atoms with Crippen LogP contribution in [0.3, 0.4) is 0 Å². The Morgan fingerprint density at radius 2 is 0.577 bits per heavy atom. The summed E-state index contributed by atoms with van der Waals surface area (Å²) in [6.07, 6.45) is 1.88. The minimum Gasteiger partial charge on any atom is -0.434 e. The lowest BCUT2D eigenvalue weighted by Gasteiger charge is -2.25. The van der Waals surface area contributed by atoms with Gasteiger partial charge in [0.25, 0.3) is 0 Å². The number of furan rings is 2. The fourth-order valence-electron chi connectivity index (χ4n) is 10.0. The predicted octanol–water partition coefficient (Wildman–Crippen LogP) is 14.0. The molecule has 5 aromatic heterocycles. The highest BCUT2D eigenvalue weighted by molar-refractivity contribution is 6.16. The number of nitrogens with one attached hydrogen (secondary N) is 2. The van der Waals surface area contributed by atoms with E-state index in [1.165, 1.54) is 84.6 Å². The van der Waals surface area contributed by atoms with Gasteiger partial charge in [-0.05, 0) is 36.4 Å². The summed E-state index contributed by atoms with van der Waals surface area (Å²) in [4.78, 5) is 14.1. The largest absolute Gasteiger partial charge is 0.434 e. The summed E-state index contributed by atoms with van der Waals surface area (Å²) in [6, 6.07) is 4.03. The second kappa shape index (κ2) is 17.4. The second-order valence-electron chi connectivity index (χ2n) is 22.2. The fourth-order valence-corrected chi connectivity index (χ4v) is 10.0. The van der Waals surface area contributed by atoms with E-state index in [9.17, 15) is 0 Å². The van der Waals surface area contributed by atoms with E-state index >= 15 is 61.5 Å². The van der Waals surface area contributed by atoms with Crippen LogP contribution >= 0.6 is 0 Å². The highest BCUT2D eigenvalue weighted by atomic mass is 19.2. The SMILES string of the molecule is C[N+](C)(C)c1c(F)c(F)c(-c2c3nc(c(-c4c(F)c(F)c([N+](C)(C)C)c(F)c4F)c4ccc([nH]4)c4c(nc5oc6c(F)c([N+](C)(C)C)c(F)c(F)c6c5c5ccc2[nH]5)oc2c(F)c([N+](C)(C)C)c(F)c(F)c24)C=C3)c(F)c1F. The predicted molar refractivity (Wildman–Crippen MR) is 273 cm³/mol. The number of nitrogens with zero attached hydrogens (tertiary/aromatic N) is 6. The molecule has 0 atom stereocenters. The Hall–Kier alpha value is -7.80. The van der Waals surface area contributed by atoms with Crippen molar-refractivity contribution in [1.82, 2.24) is 37.9 Å². The van der Waals surface area contributed by atoms with Gasteiger partial charge >= 0.3 is 0 Å². The Labute approximate surface area is 432 Å². The standard InChI is InChI=1S/C54H44F14N8O2/c1-73(2,3)47-39(61)33(55)29(34(56)40(47)62)25-19-13-14-20(69-19)26(30-35(57)41(63)48(74(4,5)6)42(64)36(30)58)22-16-18-24(71-22)28-32-38(60)44(66)50(76(10,11)12)46(68)52(32)78-54(28)72-53-27(23-17-15-21(25)70-23)31-37(59)43(65)49(75(7,8)9)45(67)51(31)77-53/h13-18,70-71H,1-12H3/q+4. The average Bonchev–Trinajstić information content (AvgIpc) is 4.33. The molecule has 0 radical (unpaired) electrons. The maximum atomic E-state index is 16.9. The van der Waals surface area contributed by atoms with Crippen molar-refractivity contribution < 1.29 is 70.3 Å². The Morgan fingerprint density at radius 1 is 0.308 bits per heavy atom. The van der Waals surface area contributed by atoms with Crippen LogP contribution in [0, 0.1) is 81.4 Å². The third-order valence-electron chi connectivity index (χ3n) is 13.3. The number of halogens is 14. The molecule has 0 saturated carbocycles. The summed E-state index contributed by atoms with van der Waals surface area (Å²) < 4.78 is 242. The molecule has 10 nitrogen and oxygen atoms in total. The molecule has 0 aliphatic carbocycles. The number of hydrogen-bond acceptors (Lipinski definition) is 4. The zero-order chi connectivity index (χ0) is 57.3. The molecule has 10 rings (SSSR count). The zero-order valence-corrected chi connectivity index (χ0v) is 43.3. The van der Waals surface area contributed by atoms with Crippen LogP contribution in [0.4, 0.5) is 84.2 Å². The summed E-state index contributed by atoms with van der Waals surface area (Å²) in [5.41, 5.74) is -16.0. The van der Waals surface area contributed by atoms with Crippen molar-refractivity contribution in [3.05, 3.63) is 117 Å². The van der Waals surface area contributed by atoms with Crippen LogP contribution in [0.25, 0.3) is 101 Å². The molecule has 406 valence electrons. The first-order valence-corrected chi connectivity index (χ1v) is 23.3. The molecule has 0 unspecified atom stereocenters. The van der Waals surface area contributed by atoms with Gasteiger partial charge in [-0.1, -0.05) is 0 Å². The first-order chi connectivity index (χ1) is 36.1. The Balaban J connectivity index is 1.54. The molecule has 4 aromatic carbocycles. The zero-order valence-electron chi connectivity index (χ0n) is 43.3. The van der Waals surface area contributed by atoms with E-state index in [-0.39, 0.29) is 0 Å². The first-order valence-electron chi connectivity index (χ1n) is 23.3. The van der Waals surface area contributed by atoms with Crippen LogP contribution in [-0.2, 0) is 0 Å². The average molecular weight is 1100 g/mol. The monoisotopic (exact) mass is 1100 g/mol. The van der Waals surface area contributed by atoms with Gasteiger partial charge in [-0.3, -0.25) is 17.9 Å². The van der Waals surface area contributed by atoms with E-state index in [1.54, 1.807) is 0 Å². The van der Waals surface area contributed by atoms with Crippen LogP contribution in [0.15, 0.2) is 33.1 Å². The number of benzene rings is 4. The molecule has 0 saturated heterocycles. The van der Waals surface area contributed by atoms with Gasteiger partial charge in [0.1, 0.15) is 0 Å². The molecular formula is C54H44F14N8O2+4. The first kappa shape index (κ1) is 53.6. The molecule has 1 aliphatic rings. The Morgan fingerprint density at radius 3 is 0.872 bits per heavy atom. The molecule has 6 heterocycles. The lowest BCUT2D eigenvalue weighted by atomic mass is 10.00. The molecule has 0 spiro atoms. The lowest BCUT2D eigenvalue weighted by Crippen LogP contribution is -2.37. The van der Waals surface area contributed by atoms with E-state index in [1.807, 2.05) is 0 Å². The highest BCUT2D eigenvalue weighted by Gasteiger charge is 2.40. The van der Waals surface area contributed by atoms with Gasteiger partial charge in [0.15, 0.2) is 46.1 Å². The van der Waals surface area contributed by atoms with Gasteiger partial charge < -0.3 is 18.8 Å². The van der Waals surface area contributed by atoms with E-state index in [2.05, 4.69) is 19.9 Å². The van der Waals surface area contributed by atoms with Gasteiger partial charge in [0.05, 0.1) is 140 Å². The third-order valence-corrected chi connectivity index (χ3v) is 13.3. The van der Waals surface area contributed by atoms with Crippen LogP contribution in [0.2, 0.25) is 0 Å². The lowest BCUT2D eigenvalue weighted by molar-refractivity contribution is 0.390. The maximum absolute atomic E-state index is 16.9. The fraction of sp³-hybridized carbons (Fsp3) is 0.222. The molecule has 0 amide bonds. The summed E-state index contributed by atoms with van der Waals surface area (Å²) in [5, 5.41) is -3.38. The van der Waals surface area contributed by atoms with Gasteiger partial charge in [-0.25, -0.2) is 31.3 Å². The van der Waals surface area contributed by atoms with Crippen molar-refractivity contribution in [2.24, 2.45) is 0 Å². The molecular weight excluding hydrogens is 1060 g/mol. The molecule has 9 aromatic rings. The highest BCUT2D eigenvalue weighted by Crippen LogP contribution is 2.47. The van der Waals surface area contributed by atoms with Gasteiger partial charge in [0, 0.05) is 22.2 Å². The number of quaternary nitrogens is 4. The van der Waals surface area contributed by atoms with Crippen LogP contribution < -0.4 is 17.9 Å². The minimum atomic E-state index is -2.01. The van der Waals surface area contributed by atoms with Crippen molar-refractivity contribution in [3.8, 4) is 22.3 Å². The van der Waals surface area contributed by atoms with Crippen molar-refractivity contribution in [1.29, 1.82) is 0 Å². The number of rotatable bonds is 6. The summed E-state index contributed by atoms with van der Waals surface area (Å²) in [7, 11) is 15.0. The van der Waals surface area contributed by atoms with E-state index < -0.39 is 222 Å². The molecule has 24 heteroatoms. The van der Waals surface area contributed by atoms with Crippen LogP contribution in [0.1, 0.15) is 11.4 Å². The Bertz CT molecular complexity index is 4040. The van der Waals surface area contributed by atoms with E-state index in [0.29, 0.717) is 0 Å². The Kier molecular flexibility index (Phi) is 11.9. The number of H-pyrrole nitrogens is 2. The summed E-state index contributed by atoms with van der Waals surface area (Å²) in [5.74, 6) is -25.5. The summed E-state index contributed by atoms with van der Waals surface area (Å²) in [6.45, 7) is 0. The number of aromatic amines is 2. The number of aromatic nitrogens is 4.